The molecular weight excluding hydrogens is 316 g/mol. The number of rotatable bonds is 3. The normalized spacial score (nSPS) is 15.5. The van der Waals surface area contributed by atoms with Crippen molar-refractivity contribution in [2.75, 3.05) is 19.8 Å². The average molecular weight is 331 g/mol. The maximum Gasteiger partial charge on any atom is 0.339 e. The standard InChI is InChI=1S/C13H15BrO5/c1-2-17-13(16)11(15)8-4-5-9-12(10(8)14)19-7-3-6-18-9/h4-5,11,15H,2-3,6-7H2,1H3. The molecule has 2 rings (SSSR count). The predicted molar refractivity (Wildman–Crippen MR) is 71.3 cm³/mol. The summed E-state index contributed by atoms with van der Waals surface area (Å²) in [5.41, 5.74) is 0.405. The van der Waals surface area contributed by atoms with Crippen LogP contribution in [0.4, 0.5) is 0 Å². The van der Waals surface area contributed by atoms with E-state index >= 15 is 0 Å². The topological polar surface area (TPSA) is 65.0 Å². The number of aliphatic hydroxyl groups is 1. The molecular formula is C13H15BrO5. The van der Waals surface area contributed by atoms with Crippen LogP contribution in [-0.4, -0.2) is 30.9 Å². The minimum absolute atomic E-state index is 0.220. The molecule has 1 aliphatic rings. The number of hydrogen-bond acceptors (Lipinski definition) is 5. The molecule has 0 bridgehead atoms. The van der Waals surface area contributed by atoms with Gasteiger partial charge in [-0.15, -0.1) is 0 Å². The Morgan fingerprint density at radius 3 is 2.95 bits per heavy atom. The van der Waals surface area contributed by atoms with Crippen LogP contribution in [0.15, 0.2) is 16.6 Å². The van der Waals surface area contributed by atoms with Gasteiger partial charge < -0.3 is 19.3 Å². The van der Waals surface area contributed by atoms with Crippen molar-refractivity contribution in [3.05, 3.63) is 22.2 Å². The Morgan fingerprint density at radius 1 is 1.47 bits per heavy atom. The van der Waals surface area contributed by atoms with Crippen molar-refractivity contribution in [3.63, 3.8) is 0 Å². The van der Waals surface area contributed by atoms with Gasteiger partial charge in [0.1, 0.15) is 0 Å². The fourth-order valence-corrected chi connectivity index (χ4v) is 2.44. The highest BCUT2D eigenvalue weighted by Gasteiger charge is 2.25. The summed E-state index contributed by atoms with van der Waals surface area (Å²) in [5.74, 6) is 0.431. The van der Waals surface area contributed by atoms with E-state index in [-0.39, 0.29) is 6.61 Å². The van der Waals surface area contributed by atoms with Gasteiger partial charge in [-0.05, 0) is 28.9 Å². The lowest BCUT2D eigenvalue weighted by Gasteiger charge is -2.16. The fourth-order valence-electron chi connectivity index (χ4n) is 1.78. The molecule has 0 aliphatic carbocycles. The van der Waals surface area contributed by atoms with Crippen molar-refractivity contribution in [1.29, 1.82) is 0 Å². The van der Waals surface area contributed by atoms with E-state index in [2.05, 4.69) is 15.9 Å². The fraction of sp³-hybridized carbons (Fsp3) is 0.462. The van der Waals surface area contributed by atoms with Crippen LogP contribution in [0.5, 0.6) is 11.5 Å². The highest BCUT2D eigenvalue weighted by atomic mass is 79.9. The number of ether oxygens (including phenoxy) is 3. The first-order valence-electron chi connectivity index (χ1n) is 6.07. The summed E-state index contributed by atoms with van der Waals surface area (Å²) >= 11 is 3.35. The zero-order chi connectivity index (χ0) is 13.8. The van der Waals surface area contributed by atoms with Crippen molar-refractivity contribution in [2.45, 2.75) is 19.4 Å². The van der Waals surface area contributed by atoms with Crippen molar-refractivity contribution in [2.24, 2.45) is 0 Å². The number of benzene rings is 1. The van der Waals surface area contributed by atoms with Crippen molar-refractivity contribution in [3.8, 4) is 11.5 Å². The second kappa shape index (κ2) is 6.25. The van der Waals surface area contributed by atoms with Gasteiger partial charge in [0.25, 0.3) is 0 Å². The van der Waals surface area contributed by atoms with E-state index in [0.717, 1.165) is 6.42 Å². The Morgan fingerprint density at radius 2 is 2.21 bits per heavy atom. The molecule has 0 spiro atoms. The first-order chi connectivity index (χ1) is 9.15. The first-order valence-corrected chi connectivity index (χ1v) is 6.87. The Labute approximate surface area is 119 Å². The lowest BCUT2D eigenvalue weighted by atomic mass is 10.1. The Hall–Kier alpha value is -1.27. The van der Waals surface area contributed by atoms with Crippen LogP contribution in [0.3, 0.4) is 0 Å². The molecule has 0 aromatic heterocycles. The van der Waals surface area contributed by atoms with E-state index in [4.69, 9.17) is 14.2 Å². The molecule has 1 unspecified atom stereocenters. The molecule has 5 nitrogen and oxygen atoms in total. The molecule has 19 heavy (non-hydrogen) atoms. The van der Waals surface area contributed by atoms with E-state index in [9.17, 15) is 9.90 Å². The highest BCUT2D eigenvalue weighted by Crippen LogP contribution is 2.41. The van der Waals surface area contributed by atoms with E-state index in [1.165, 1.54) is 0 Å². The van der Waals surface area contributed by atoms with E-state index in [0.29, 0.717) is 34.7 Å². The van der Waals surface area contributed by atoms with E-state index < -0.39 is 12.1 Å². The minimum atomic E-state index is -1.34. The van der Waals surface area contributed by atoms with E-state index in [1.54, 1.807) is 19.1 Å². The molecule has 1 aromatic rings. The molecule has 0 radical (unpaired) electrons. The predicted octanol–water partition coefficient (Wildman–Crippen LogP) is 2.21. The monoisotopic (exact) mass is 330 g/mol. The van der Waals surface area contributed by atoms with E-state index in [1.807, 2.05) is 0 Å². The molecule has 0 fully saturated rings. The number of carbonyl (C=O) groups excluding carboxylic acids is 1. The average Bonchev–Trinajstić information content (AvgIpc) is 2.64. The smallest absolute Gasteiger partial charge is 0.339 e. The Balaban J connectivity index is 2.32. The van der Waals surface area contributed by atoms with Crippen LogP contribution >= 0.6 is 15.9 Å². The van der Waals surface area contributed by atoms with Gasteiger partial charge in [-0.25, -0.2) is 4.79 Å². The Bertz CT molecular complexity index is 474. The van der Waals surface area contributed by atoms with Crippen LogP contribution in [0.25, 0.3) is 0 Å². The largest absolute Gasteiger partial charge is 0.490 e. The summed E-state index contributed by atoms with van der Waals surface area (Å²) in [6.45, 7) is 3.02. The molecule has 0 saturated carbocycles. The summed E-state index contributed by atoms with van der Waals surface area (Å²) < 4.78 is 16.4. The molecule has 104 valence electrons. The molecule has 1 aromatic carbocycles. The van der Waals surface area contributed by atoms with Crippen LogP contribution in [0.1, 0.15) is 25.0 Å². The quantitative estimate of drug-likeness (QED) is 0.861. The van der Waals surface area contributed by atoms with Gasteiger partial charge in [-0.1, -0.05) is 6.07 Å². The summed E-state index contributed by atoms with van der Waals surface area (Å²) in [4.78, 5) is 11.6. The van der Waals surface area contributed by atoms with Crippen LogP contribution < -0.4 is 9.47 Å². The molecule has 1 aliphatic heterocycles. The van der Waals surface area contributed by atoms with Crippen LogP contribution in [-0.2, 0) is 9.53 Å². The maximum atomic E-state index is 11.6. The lowest BCUT2D eigenvalue weighted by Crippen LogP contribution is -2.16. The second-order valence-corrected chi connectivity index (χ2v) is 4.79. The van der Waals surface area contributed by atoms with Crippen LogP contribution in [0, 0.1) is 0 Å². The number of esters is 1. The maximum absolute atomic E-state index is 11.6. The molecule has 1 N–H and O–H groups in total. The summed E-state index contributed by atoms with van der Waals surface area (Å²) in [6.07, 6.45) is -0.553. The van der Waals surface area contributed by atoms with Gasteiger partial charge >= 0.3 is 5.97 Å². The van der Waals surface area contributed by atoms with Gasteiger partial charge in [-0.3, -0.25) is 0 Å². The first kappa shape index (κ1) is 14.1. The zero-order valence-corrected chi connectivity index (χ0v) is 12.1. The van der Waals surface area contributed by atoms with Crippen LogP contribution in [0.2, 0.25) is 0 Å². The SMILES string of the molecule is CCOC(=O)C(O)c1ccc2c(c1Br)OCCCO2. The number of carbonyl (C=O) groups is 1. The third kappa shape index (κ3) is 3.01. The number of aliphatic hydroxyl groups excluding tert-OH is 1. The second-order valence-electron chi connectivity index (χ2n) is 4.00. The van der Waals surface area contributed by atoms with Crippen molar-refractivity contribution in [1.82, 2.24) is 0 Å². The third-order valence-corrected chi connectivity index (χ3v) is 3.51. The molecule has 1 atom stereocenters. The van der Waals surface area contributed by atoms with Gasteiger partial charge in [0, 0.05) is 12.0 Å². The molecule has 1 heterocycles. The number of halogens is 1. The van der Waals surface area contributed by atoms with Gasteiger partial charge in [0.05, 0.1) is 24.3 Å². The molecule has 0 saturated heterocycles. The Kier molecular flexibility index (Phi) is 4.66. The highest BCUT2D eigenvalue weighted by molar-refractivity contribution is 9.10. The lowest BCUT2D eigenvalue weighted by molar-refractivity contribution is -0.153. The summed E-state index contributed by atoms with van der Waals surface area (Å²) in [5, 5.41) is 9.97. The summed E-state index contributed by atoms with van der Waals surface area (Å²) in [7, 11) is 0. The third-order valence-electron chi connectivity index (χ3n) is 2.69. The molecule has 6 heteroatoms. The number of hydrogen-bond donors (Lipinski definition) is 1. The summed E-state index contributed by atoms with van der Waals surface area (Å²) in [6, 6.07) is 3.31. The van der Waals surface area contributed by atoms with Crippen molar-refractivity contribution >= 4 is 21.9 Å². The van der Waals surface area contributed by atoms with Gasteiger partial charge in [0.2, 0.25) is 0 Å². The molecule has 0 amide bonds. The van der Waals surface area contributed by atoms with Gasteiger partial charge in [-0.2, -0.15) is 0 Å². The van der Waals surface area contributed by atoms with Crippen molar-refractivity contribution < 1.29 is 24.1 Å². The van der Waals surface area contributed by atoms with Gasteiger partial charge in [0.15, 0.2) is 17.6 Å². The zero-order valence-electron chi connectivity index (χ0n) is 10.5. The number of fused-ring (bicyclic) bond motifs is 1. The minimum Gasteiger partial charge on any atom is -0.490 e.